The largest absolute Gasteiger partial charge is 0.492 e. The van der Waals surface area contributed by atoms with E-state index < -0.39 is 0 Å². The molecule has 1 aromatic carbocycles. The van der Waals surface area contributed by atoms with Gasteiger partial charge in [0.2, 0.25) is 0 Å². The summed E-state index contributed by atoms with van der Waals surface area (Å²) in [6.07, 6.45) is 1.57. The molecule has 0 saturated heterocycles. The summed E-state index contributed by atoms with van der Waals surface area (Å²) in [5, 5.41) is 0. The van der Waals surface area contributed by atoms with E-state index in [1.807, 2.05) is 0 Å². The average molecular weight is 206 g/mol. The van der Waals surface area contributed by atoms with E-state index in [0.717, 1.165) is 24.0 Å². The molecule has 2 aliphatic heterocycles. The normalized spacial score (nSPS) is 16.8. The van der Waals surface area contributed by atoms with Gasteiger partial charge in [0.15, 0.2) is 17.8 Å². The summed E-state index contributed by atoms with van der Waals surface area (Å²) in [7, 11) is 0. The number of benzene rings is 1. The molecule has 1 aromatic rings. The van der Waals surface area contributed by atoms with E-state index in [4.69, 9.17) is 14.2 Å². The van der Waals surface area contributed by atoms with Crippen LogP contribution in [0.1, 0.15) is 15.9 Å². The Morgan fingerprint density at radius 3 is 2.73 bits per heavy atom. The SMILES string of the molecule is O=Cc1cc2c(c3c1OCC3)OCCO2. The molecule has 4 nitrogen and oxygen atoms in total. The van der Waals surface area contributed by atoms with E-state index in [-0.39, 0.29) is 0 Å². The Labute approximate surface area is 86.7 Å². The van der Waals surface area contributed by atoms with E-state index in [9.17, 15) is 4.79 Å². The Balaban J connectivity index is 2.23. The summed E-state index contributed by atoms with van der Waals surface area (Å²) in [5.74, 6) is 2.07. The van der Waals surface area contributed by atoms with Crippen molar-refractivity contribution in [1.29, 1.82) is 0 Å². The zero-order chi connectivity index (χ0) is 10.3. The fourth-order valence-electron chi connectivity index (χ4n) is 2.00. The number of carbonyl (C=O) groups excluding carboxylic acids is 1. The lowest BCUT2D eigenvalue weighted by molar-refractivity contribution is 0.111. The quantitative estimate of drug-likeness (QED) is 0.648. The van der Waals surface area contributed by atoms with Crippen LogP contribution in [-0.4, -0.2) is 26.1 Å². The van der Waals surface area contributed by atoms with E-state index in [1.165, 1.54) is 0 Å². The first-order valence-corrected chi connectivity index (χ1v) is 4.93. The van der Waals surface area contributed by atoms with Crippen LogP contribution >= 0.6 is 0 Å². The number of fused-ring (bicyclic) bond motifs is 3. The molecule has 0 fully saturated rings. The average Bonchev–Trinajstić information content (AvgIpc) is 2.77. The zero-order valence-electron chi connectivity index (χ0n) is 8.12. The lowest BCUT2D eigenvalue weighted by atomic mass is 10.1. The lowest BCUT2D eigenvalue weighted by Gasteiger charge is -2.21. The molecule has 0 radical (unpaired) electrons. The van der Waals surface area contributed by atoms with Gasteiger partial charge in [0, 0.05) is 12.0 Å². The number of rotatable bonds is 1. The van der Waals surface area contributed by atoms with Crippen molar-refractivity contribution in [3.8, 4) is 17.2 Å². The Hall–Kier alpha value is -1.71. The van der Waals surface area contributed by atoms with Crippen molar-refractivity contribution in [1.82, 2.24) is 0 Å². The fourth-order valence-corrected chi connectivity index (χ4v) is 2.00. The standard InChI is InChI=1S/C11H10O4/c12-6-7-5-9-11(15-4-3-13-9)8-1-2-14-10(7)8/h5-6H,1-4H2. The molecule has 0 amide bonds. The third-order valence-electron chi connectivity index (χ3n) is 2.63. The van der Waals surface area contributed by atoms with Crippen LogP contribution in [0.2, 0.25) is 0 Å². The van der Waals surface area contributed by atoms with Gasteiger partial charge in [0.05, 0.1) is 12.2 Å². The van der Waals surface area contributed by atoms with Gasteiger partial charge < -0.3 is 14.2 Å². The second-order valence-electron chi connectivity index (χ2n) is 3.51. The highest BCUT2D eigenvalue weighted by Gasteiger charge is 2.26. The molecule has 2 heterocycles. The topological polar surface area (TPSA) is 44.8 Å². The van der Waals surface area contributed by atoms with Crippen LogP contribution in [-0.2, 0) is 6.42 Å². The number of ether oxygens (including phenoxy) is 3. The van der Waals surface area contributed by atoms with Crippen molar-refractivity contribution in [2.45, 2.75) is 6.42 Å². The van der Waals surface area contributed by atoms with Gasteiger partial charge in [0.25, 0.3) is 0 Å². The van der Waals surface area contributed by atoms with Crippen LogP contribution in [0.15, 0.2) is 6.07 Å². The monoisotopic (exact) mass is 206 g/mol. The van der Waals surface area contributed by atoms with Crippen LogP contribution in [0.4, 0.5) is 0 Å². The lowest BCUT2D eigenvalue weighted by Crippen LogP contribution is -2.16. The summed E-state index contributed by atoms with van der Waals surface area (Å²) in [5.41, 5.74) is 1.51. The Morgan fingerprint density at radius 2 is 1.87 bits per heavy atom. The van der Waals surface area contributed by atoms with Crippen molar-refractivity contribution in [3.63, 3.8) is 0 Å². The second-order valence-corrected chi connectivity index (χ2v) is 3.51. The minimum absolute atomic E-state index is 0.533. The van der Waals surface area contributed by atoms with E-state index in [1.54, 1.807) is 6.07 Å². The van der Waals surface area contributed by atoms with Gasteiger partial charge in [-0.25, -0.2) is 0 Å². The third kappa shape index (κ3) is 1.17. The molecule has 3 rings (SSSR count). The van der Waals surface area contributed by atoms with E-state index in [0.29, 0.717) is 36.9 Å². The van der Waals surface area contributed by atoms with Crippen LogP contribution in [0.3, 0.4) is 0 Å². The molecule has 0 spiro atoms. The number of aldehydes is 1. The molecule has 0 aromatic heterocycles. The smallest absolute Gasteiger partial charge is 0.168 e. The van der Waals surface area contributed by atoms with E-state index >= 15 is 0 Å². The molecule has 0 aliphatic carbocycles. The molecule has 0 atom stereocenters. The highest BCUT2D eigenvalue weighted by Crippen LogP contribution is 2.44. The van der Waals surface area contributed by atoms with Crippen LogP contribution < -0.4 is 14.2 Å². The first-order chi connectivity index (χ1) is 7.40. The molecule has 0 bridgehead atoms. The maximum atomic E-state index is 10.9. The van der Waals surface area contributed by atoms with Crippen molar-refractivity contribution < 1.29 is 19.0 Å². The predicted molar refractivity (Wildman–Crippen MR) is 52.0 cm³/mol. The van der Waals surface area contributed by atoms with Crippen LogP contribution in [0.25, 0.3) is 0 Å². The van der Waals surface area contributed by atoms with Gasteiger partial charge >= 0.3 is 0 Å². The Morgan fingerprint density at radius 1 is 1.07 bits per heavy atom. The van der Waals surface area contributed by atoms with Crippen LogP contribution in [0, 0.1) is 0 Å². The summed E-state index contributed by atoms with van der Waals surface area (Å²) in [6.45, 7) is 1.70. The molecule has 0 N–H and O–H groups in total. The van der Waals surface area contributed by atoms with Crippen molar-refractivity contribution in [2.24, 2.45) is 0 Å². The van der Waals surface area contributed by atoms with Gasteiger partial charge in [-0.3, -0.25) is 4.79 Å². The predicted octanol–water partition coefficient (Wildman–Crippen LogP) is 1.21. The summed E-state index contributed by atoms with van der Waals surface area (Å²) >= 11 is 0. The molecular weight excluding hydrogens is 196 g/mol. The molecule has 4 heteroatoms. The van der Waals surface area contributed by atoms with Gasteiger partial charge in [-0.15, -0.1) is 0 Å². The Bertz CT molecular complexity index is 425. The maximum Gasteiger partial charge on any atom is 0.168 e. The van der Waals surface area contributed by atoms with Gasteiger partial charge in [-0.1, -0.05) is 0 Å². The molecule has 0 unspecified atom stereocenters. The van der Waals surface area contributed by atoms with Crippen molar-refractivity contribution in [2.75, 3.05) is 19.8 Å². The first kappa shape index (κ1) is 8.59. The first-order valence-electron chi connectivity index (χ1n) is 4.93. The molecule has 2 aliphatic rings. The maximum absolute atomic E-state index is 10.9. The highest BCUT2D eigenvalue weighted by molar-refractivity contribution is 5.83. The fraction of sp³-hybridized carbons (Fsp3) is 0.364. The summed E-state index contributed by atoms with van der Waals surface area (Å²) in [4.78, 5) is 10.9. The molecular formula is C11H10O4. The van der Waals surface area contributed by atoms with Gasteiger partial charge in [-0.2, -0.15) is 0 Å². The van der Waals surface area contributed by atoms with Crippen LogP contribution in [0.5, 0.6) is 17.2 Å². The van der Waals surface area contributed by atoms with Crippen molar-refractivity contribution in [3.05, 3.63) is 17.2 Å². The summed E-state index contributed by atoms with van der Waals surface area (Å²) in [6, 6.07) is 1.69. The van der Waals surface area contributed by atoms with E-state index in [2.05, 4.69) is 0 Å². The number of carbonyl (C=O) groups is 1. The summed E-state index contributed by atoms with van der Waals surface area (Å²) < 4.78 is 16.4. The number of hydrogen-bond acceptors (Lipinski definition) is 4. The Kier molecular flexibility index (Phi) is 1.80. The minimum Gasteiger partial charge on any atom is -0.492 e. The minimum atomic E-state index is 0.533. The van der Waals surface area contributed by atoms with Gasteiger partial charge in [-0.05, 0) is 6.07 Å². The van der Waals surface area contributed by atoms with Crippen molar-refractivity contribution >= 4 is 6.29 Å². The zero-order valence-corrected chi connectivity index (χ0v) is 8.12. The van der Waals surface area contributed by atoms with Gasteiger partial charge in [0.1, 0.15) is 19.0 Å². The molecule has 15 heavy (non-hydrogen) atoms. The second kappa shape index (κ2) is 3.15. The molecule has 78 valence electrons. The third-order valence-corrected chi connectivity index (χ3v) is 2.63. The number of hydrogen-bond donors (Lipinski definition) is 0. The highest BCUT2D eigenvalue weighted by atomic mass is 16.6. The molecule has 0 saturated carbocycles.